The van der Waals surface area contributed by atoms with Crippen molar-refractivity contribution in [2.24, 2.45) is 5.92 Å². The summed E-state index contributed by atoms with van der Waals surface area (Å²) in [5, 5.41) is 13.6. The Morgan fingerprint density at radius 3 is 2.75 bits per heavy atom. The fourth-order valence-corrected chi connectivity index (χ4v) is 4.19. The summed E-state index contributed by atoms with van der Waals surface area (Å²) in [5.74, 6) is 0.229. The van der Waals surface area contributed by atoms with Crippen LogP contribution in [0.2, 0.25) is 0 Å². The third-order valence-electron chi connectivity index (χ3n) is 3.85. The molecule has 2 rings (SSSR count). The van der Waals surface area contributed by atoms with E-state index in [4.69, 9.17) is 0 Å². The van der Waals surface area contributed by atoms with Gasteiger partial charge in [-0.25, -0.2) is 13.1 Å². The van der Waals surface area contributed by atoms with Crippen LogP contribution in [0, 0.1) is 5.92 Å². The fraction of sp³-hybridized carbons (Fsp3) is 0.769. The molecule has 20 heavy (non-hydrogen) atoms. The molecule has 1 unspecified atom stereocenters. The van der Waals surface area contributed by atoms with Crippen LogP contribution in [0.15, 0.2) is 17.3 Å². The highest BCUT2D eigenvalue weighted by Gasteiger charge is 2.35. The lowest BCUT2D eigenvalue weighted by molar-refractivity contribution is 0.0277. The van der Waals surface area contributed by atoms with Crippen LogP contribution in [0.1, 0.15) is 39.5 Å². The third kappa shape index (κ3) is 3.21. The summed E-state index contributed by atoms with van der Waals surface area (Å²) >= 11 is 0. The zero-order valence-electron chi connectivity index (χ0n) is 12.0. The molecule has 0 radical (unpaired) electrons. The van der Waals surface area contributed by atoms with E-state index in [1.165, 1.54) is 16.9 Å². The molecule has 1 aromatic rings. The second-order valence-corrected chi connectivity index (χ2v) is 7.07. The molecule has 0 spiro atoms. The summed E-state index contributed by atoms with van der Waals surface area (Å²) in [6, 6.07) is 1.41. The Morgan fingerprint density at radius 1 is 1.50 bits per heavy atom. The first kappa shape index (κ1) is 15.5. The van der Waals surface area contributed by atoms with E-state index >= 15 is 0 Å². The zero-order valence-corrected chi connectivity index (χ0v) is 12.8. The number of aryl methyl sites for hydroxylation is 1. The van der Waals surface area contributed by atoms with Gasteiger partial charge in [0.1, 0.15) is 0 Å². The summed E-state index contributed by atoms with van der Waals surface area (Å²) in [4.78, 5) is 0. The first-order valence-corrected chi connectivity index (χ1v) is 8.68. The van der Waals surface area contributed by atoms with Gasteiger partial charge in [0.15, 0.2) is 5.03 Å². The van der Waals surface area contributed by atoms with Gasteiger partial charge >= 0.3 is 0 Å². The van der Waals surface area contributed by atoms with Crippen LogP contribution >= 0.6 is 0 Å². The number of hydrogen-bond acceptors (Lipinski definition) is 4. The van der Waals surface area contributed by atoms with Gasteiger partial charge in [-0.1, -0.05) is 13.8 Å². The Bertz CT molecular complexity index is 535. The highest BCUT2D eigenvalue weighted by Crippen LogP contribution is 2.32. The average Bonchev–Trinajstić information content (AvgIpc) is 2.82. The Balaban J connectivity index is 2.11. The lowest BCUT2D eigenvalue weighted by Gasteiger charge is -2.37. The van der Waals surface area contributed by atoms with E-state index in [0.29, 0.717) is 19.4 Å². The smallest absolute Gasteiger partial charge is 0.257 e. The van der Waals surface area contributed by atoms with Gasteiger partial charge in [-0.2, -0.15) is 5.10 Å². The largest absolute Gasteiger partial charge is 0.393 e. The second-order valence-electron chi connectivity index (χ2n) is 5.41. The molecule has 1 atom stereocenters. The fourth-order valence-electron chi connectivity index (χ4n) is 2.66. The van der Waals surface area contributed by atoms with Crippen LogP contribution in [0.5, 0.6) is 0 Å². The number of rotatable bonds is 7. The standard InChI is InChI=1S/C13H23N3O3S/c1-3-7-16-13(5-6-14-16)20(18,19)15-12(4-2)10-8-11(17)9-10/h5-6,10-12,15,17H,3-4,7-9H2,1-2H3. The third-order valence-corrected chi connectivity index (χ3v) is 5.36. The van der Waals surface area contributed by atoms with Gasteiger partial charge in [0, 0.05) is 12.6 Å². The lowest BCUT2D eigenvalue weighted by Crippen LogP contribution is -2.46. The molecule has 0 saturated heterocycles. The summed E-state index contributed by atoms with van der Waals surface area (Å²) in [7, 11) is -3.55. The quantitative estimate of drug-likeness (QED) is 0.790. The van der Waals surface area contributed by atoms with Crippen molar-refractivity contribution < 1.29 is 13.5 Å². The Kier molecular flexibility index (Phi) is 4.82. The first-order valence-electron chi connectivity index (χ1n) is 7.20. The molecule has 1 saturated carbocycles. The summed E-state index contributed by atoms with van der Waals surface area (Å²) in [6.45, 7) is 4.53. The van der Waals surface area contributed by atoms with Gasteiger partial charge in [-0.05, 0) is 37.7 Å². The molecule has 6 nitrogen and oxygen atoms in total. The van der Waals surface area contributed by atoms with Crippen LogP contribution in [0.4, 0.5) is 0 Å². The molecule has 1 aromatic heterocycles. The van der Waals surface area contributed by atoms with Crippen molar-refractivity contribution in [1.29, 1.82) is 0 Å². The number of aromatic nitrogens is 2. The molecular formula is C13H23N3O3S. The number of hydrogen-bond donors (Lipinski definition) is 2. The van der Waals surface area contributed by atoms with Crippen LogP contribution < -0.4 is 4.72 Å². The Hall–Kier alpha value is -0.920. The molecule has 1 aliphatic carbocycles. The number of sulfonamides is 1. The number of nitrogens with one attached hydrogen (secondary N) is 1. The number of aliphatic hydroxyl groups is 1. The van der Waals surface area contributed by atoms with Crippen LogP contribution in [0.25, 0.3) is 0 Å². The molecule has 0 aliphatic heterocycles. The molecule has 0 bridgehead atoms. The van der Waals surface area contributed by atoms with Crippen molar-refractivity contribution in [2.75, 3.05) is 0 Å². The van der Waals surface area contributed by atoms with Crippen molar-refractivity contribution in [3.63, 3.8) is 0 Å². The van der Waals surface area contributed by atoms with Crippen molar-refractivity contribution in [3.8, 4) is 0 Å². The van der Waals surface area contributed by atoms with E-state index < -0.39 is 10.0 Å². The maximum Gasteiger partial charge on any atom is 0.257 e. The lowest BCUT2D eigenvalue weighted by atomic mass is 9.77. The topological polar surface area (TPSA) is 84.2 Å². The monoisotopic (exact) mass is 301 g/mol. The average molecular weight is 301 g/mol. The summed E-state index contributed by atoms with van der Waals surface area (Å²) in [5.41, 5.74) is 0. The van der Waals surface area contributed by atoms with E-state index in [9.17, 15) is 13.5 Å². The maximum absolute atomic E-state index is 12.4. The SMILES string of the molecule is CCCn1nccc1S(=O)(=O)NC(CC)C1CC(O)C1. The van der Waals surface area contributed by atoms with Gasteiger partial charge in [0.2, 0.25) is 0 Å². The van der Waals surface area contributed by atoms with Gasteiger partial charge in [-0.3, -0.25) is 4.68 Å². The van der Waals surface area contributed by atoms with Crippen LogP contribution in [-0.2, 0) is 16.6 Å². The number of aliphatic hydroxyl groups excluding tert-OH is 1. The number of nitrogens with zero attached hydrogens (tertiary/aromatic N) is 2. The predicted octanol–water partition coefficient (Wildman–Crippen LogP) is 1.12. The van der Waals surface area contributed by atoms with E-state index in [0.717, 1.165) is 12.8 Å². The molecule has 7 heteroatoms. The van der Waals surface area contributed by atoms with Gasteiger partial charge in [0.25, 0.3) is 10.0 Å². The van der Waals surface area contributed by atoms with Gasteiger partial charge < -0.3 is 5.11 Å². The molecular weight excluding hydrogens is 278 g/mol. The Labute approximate surface area is 120 Å². The van der Waals surface area contributed by atoms with Crippen molar-refractivity contribution in [3.05, 3.63) is 12.3 Å². The second kappa shape index (κ2) is 6.24. The van der Waals surface area contributed by atoms with Gasteiger partial charge in [-0.15, -0.1) is 0 Å². The van der Waals surface area contributed by atoms with Crippen molar-refractivity contribution in [1.82, 2.24) is 14.5 Å². The maximum atomic E-state index is 12.4. The summed E-state index contributed by atoms with van der Waals surface area (Å²) in [6.07, 6.45) is 4.14. The van der Waals surface area contributed by atoms with Crippen molar-refractivity contribution >= 4 is 10.0 Å². The highest BCUT2D eigenvalue weighted by molar-refractivity contribution is 7.89. The molecule has 2 N–H and O–H groups in total. The molecule has 0 amide bonds. The minimum absolute atomic E-state index is 0.117. The predicted molar refractivity (Wildman–Crippen MR) is 75.6 cm³/mol. The van der Waals surface area contributed by atoms with Gasteiger partial charge in [0.05, 0.1) is 12.3 Å². The molecule has 1 aliphatic rings. The highest BCUT2D eigenvalue weighted by atomic mass is 32.2. The van der Waals surface area contributed by atoms with E-state index in [2.05, 4.69) is 9.82 Å². The van der Waals surface area contributed by atoms with Crippen molar-refractivity contribution in [2.45, 2.75) is 63.2 Å². The van der Waals surface area contributed by atoms with E-state index in [1.54, 1.807) is 0 Å². The normalized spacial score (nSPS) is 24.4. The molecule has 0 aromatic carbocycles. The molecule has 1 heterocycles. The molecule has 1 fully saturated rings. The van der Waals surface area contributed by atoms with E-state index in [1.807, 2.05) is 13.8 Å². The first-order chi connectivity index (χ1) is 9.47. The molecule has 114 valence electrons. The summed E-state index contributed by atoms with van der Waals surface area (Å²) < 4.78 is 29.2. The van der Waals surface area contributed by atoms with Crippen LogP contribution in [0.3, 0.4) is 0 Å². The Morgan fingerprint density at radius 2 is 2.20 bits per heavy atom. The van der Waals surface area contributed by atoms with Crippen LogP contribution in [-0.4, -0.2) is 35.5 Å². The zero-order chi connectivity index (χ0) is 14.8. The van der Waals surface area contributed by atoms with E-state index in [-0.39, 0.29) is 23.1 Å². The minimum Gasteiger partial charge on any atom is -0.393 e. The minimum atomic E-state index is -3.55.